The molecule has 0 spiro atoms. The van der Waals surface area contributed by atoms with E-state index in [2.05, 4.69) is 18.7 Å². The molecule has 2 fully saturated rings. The second-order valence-electron chi connectivity index (χ2n) is 6.48. The first kappa shape index (κ1) is 15.2. The molecule has 1 N–H and O–H groups in total. The fourth-order valence-corrected chi connectivity index (χ4v) is 3.63. The predicted octanol–water partition coefficient (Wildman–Crippen LogP) is 1.52. The van der Waals surface area contributed by atoms with Gasteiger partial charge in [-0.05, 0) is 31.1 Å². The lowest BCUT2D eigenvalue weighted by atomic mass is 9.71. The average Bonchev–Trinajstić information content (AvgIpc) is 2.40. The Bertz CT molecular complexity index is 279. The minimum absolute atomic E-state index is 0.220. The van der Waals surface area contributed by atoms with Crippen LogP contribution < -0.4 is 0 Å². The molecular formula is C15H29NO3. The maximum Gasteiger partial charge on any atom is 0.103 e. The molecule has 0 aromatic rings. The summed E-state index contributed by atoms with van der Waals surface area (Å²) in [6, 6.07) is 0.220. The molecule has 3 atom stereocenters. The summed E-state index contributed by atoms with van der Waals surface area (Å²) < 4.78 is 10.7. The van der Waals surface area contributed by atoms with Crippen molar-refractivity contribution in [1.82, 2.24) is 4.90 Å². The van der Waals surface area contributed by atoms with Crippen LogP contribution in [0.4, 0.5) is 0 Å². The molecule has 0 bridgehead atoms. The van der Waals surface area contributed by atoms with E-state index in [4.69, 9.17) is 9.47 Å². The molecule has 112 valence electrons. The van der Waals surface area contributed by atoms with Gasteiger partial charge >= 0.3 is 0 Å². The van der Waals surface area contributed by atoms with E-state index in [-0.39, 0.29) is 6.04 Å². The number of ether oxygens (including phenoxy) is 2. The third-order valence-corrected chi connectivity index (χ3v) is 4.92. The number of aliphatic hydroxyl groups is 1. The Morgan fingerprint density at radius 1 is 1.37 bits per heavy atom. The molecular weight excluding hydrogens is 242 g/mol. The summed E-state index contributed by atoms with van der Waals surface area (Å²) in [6.07, 6.45) is 3.04. The smallest absolute Gasteiger partial charge is 0.103 e. The number of hydrogen-bond donors (Lipinski definition) is 1. The summed E-state index contributed by atoms with van der Waals surface area (Å²) in [5.74, 6) is 1.40. The lowest BCUT2D eigenvalue weighted by molar-refractivity contribution is -0.137. The van der Waals surface area contributed by atoms with Crippen molar-refractivity contribution in [2.24, 2.45) is 11.8 Å². The largest absolute Gasteiger partial charge is 0.386 e. The number of nitrogens with zero attached hydrogens (tertiary/aromatic N) is 1. The van der Waals surface area contributed by atoms with Crippen LogP contribution in [0.15, 0.2) is 0 Å². The predicted molar refractivity (Wildman–Crippen MR) is 75.2 cm³/mol. The molecule has 1 saturated carbocycles. The monoisotopic (exact) mass is 271 g/mol. The van der Waals surface area contributed by atoms with E-state index in [0.29, 0.717) is 18.4 Å². The molecule has 4 heteroatoms. The van der Waals surface area contributed by atoms with Gasteiger partial charge < -0.3 is 14.6 Å². The lowest BCUT2D eigenvalue weighted by Gasteiger charge is -2.49. The van der Waals surface area contributed by atoms with Gasteiger partial charge in [-0.2, -0.15) is 0 Å². The molecule has 0 aromatic heterocycles. The van der Waals surface area contributed by atoms with Crippen LogP contribution in [0.1, 0.15) is 33.1 Å². The molecule has 0 aromatic carbocycles. The van der Waals surface area contributed by atoms with Crippen molar-refractivity contribution in [3.05, 3.63) is 0 Å². The molecule has 1 saturated heterocycles. The molecule has 4 nitrogen and oxygen atoms in total. The van der Waals surface area contributed by atoms with Gasteiger partial charge in [-0.1, -0.05) is 13.8 Å². The second-order valence-corrected chi connectivity index (χ2v) is 6.48. The van der Waals surface area contributed by atoms with Gasteiger partial charge in [-0.3, -0.25) is 4.90 Å². The highest BCUT2D eigenvalue weighted by Crippen LogP contribution is 2.39. The van der Waals surface area contributed by atoms with Crippen LogP contribution in [0.5, 0.6) is 0 Å². The fourth-order valence-electron chi connectivity index (χ4n) is 3.63. The van der Waals surface area contributed by atoms with Gasteiger partial charge in [0.1, 0.15) is 5.60 Å². The first-order valence-corrected chi connectivity index (χ1v) is 7.60. The van der Waals surface area contributed by atoms with Crippen LogP contribution in [-0.2, 0) is 9.47 Å². The Morgan fingerprint density at radius 3 is 2.63 bits per heavy atom. The van der Waals surface area contributed by atoms with Crippen LogP contribution in [0.3, 0.4) is 0 Å². The third-order valence-electron chi connectivity index (χ3n) is 4.92. The van der Waals surface area contributed by atoms with Gasteiger partial charge in [0, 0.05) is 26.2 Å². The van der Waals surface area contributed by atoms with Gasteiger partial charge in [-0.15, -0.1) is 0 Å². The summed E-state index contributed by atoms with van der Waals surface area (Å²) in [6.45, 7) is 8.46. The fraction of sp³-hybridized carbons (Fsp3) is 1.00. The summed E-state index contributed by atoms with van der Waals surface area (Å²) in [7, 11) is 1.68. The number of morpholine rings is 1. The molecule has 1 heterocycles. The highest BCUT2D eigenvalue weighted by molar-refractivity contribution is 4.99. The normalized spacial score (nSPS) is 37.7. The second kappa shape index (κ2) is 6.53. The number of rotatable bonds is 4. The van der Waals surface area contributed by atoms with Gasteiger partial charge in [-0.25, -0.2) is 0 Å². The van der Waals surface area contributed by atoms with E-state index in [1.165, 1.54) is 0 Å². The van der Waals surface area contributed by atoms with Crippen molar-refractivity contribution >= 4 is 0 Å². The van der Waals surface area contributed by atoms with Crippen molar-refractivity contribution in [3.63, 3.8) is 0 Å². The van der Waals surface area contributed by atoms with Crippen LogP contribution in [-0.4, -0.2) is 61.7 Å². The summed E-state index contributed by atoms with van der Waals surface area (Å²) in [5.41, 5.74) is -0.683. The van der Waals surface area contributed by atoms with E-state index in [0.717, 1.165) is 45.6 Å². The first-order valence-electron chi connectivity index (χ1n) is 7.60. The summed E-state index contributed by atoms with van der Waals surface area (Å²) >= 11 is 0. The minimum atomic E-state index is -0.683. The molecule has 0 unspecified atom stereocenters. The minimum Gasteiger partial charge on any atom is -0.386 e. The van der Waals surface area contributed by atoms with Crippen molar-refractivity contribution < 1.29 is 14.6 Å². The lowest BCUT2D eigenvalue weighted by Crippen LogP contribution is -2.60. The topological polar surface area (TPSA) is 41.9 Å². The molecule has 19 heavy (non-hydrogen) atoms. The van der Waals surface area contributed by atoms with Crippen molar-refractivity contribution in [3.8, 4) is 0 Å². The van der Waals surface area contributed by atoms with Crippen molar-refractivity contribution in [2.45, 2.75) is 44.8 Å². The van der Waals surface area contributed by atoms with E-state index in [1.807, 2.05) is 0 Å². The Labute approximate surface area is 117 Å². The van der Waals surface area contributed by atoms with Crippen LogP contribution in [0.25, 0.3) is 0 Å². The Hall–Kier alpha value is -0.160. The molecule has 0 amide bonds. The maximum absolute atomic E-state index is 11.0. The third kappa shape index (κ3) is 3.48. The zero-order chi connectivity index (χ0) is 13.9. The van der Waals surface area contributed by atoms with E-state index in [1.54, 1.807) is 7.11 Å². The van der Waals surface area contributed by atoms with Gasteiger partial charge in [0.2, 0.25) is 0 Å². The van der Waals surface area contributed by atoms with Gasteiger partial charge in [0.15, 0.2) is 0 Å². The van der Waals surface area contributed by atoms with Crippen molar-refractivity contribution in [1.29, 1.82) is 0 Å². The van der Waals surface area contributed by atoms with Gasteiger partial charge in [0.25, 0.3) is 0 Å². The van der Waals surface area contributed by atoms with E-state index >= 15 is 0 Å². The van der Waals surface area contributed by atoms with E-state index < -0.39 is 5.60 Å². The molecule has 1 aliphatic heterocycles. The van der Waals surface area contributed by atoms with Gasteiger partial charge in [0.05, 0.1) is 19.8 Å². The molecule has 0 radical (unpaired) electrons. The van der Waals surface area contributed by atoms with Crippen LogP contribution in [0.2, 0.25) is 0 Å². The zero-order valence-electron chi connectivity index (χ0n) is 12.6. The standard InChI is InChI=1S/C15H29NO3/c1-12(2)13-4-5-15(17,11-18-3)14(10-13)16-6-8-19-9-7-16/h12-14,17H,4-11H2,1-3H3/t13-,14+,15+/m0/s1. The Kier molecular flexibility index (Phi) is 5.23. The molecule has 2 aliphatic rings. The number of methoxy groups -OCH3 is 1. The highest BCUT2D eigenvalue weighted by Gasteiger charge is 2.45. The first-order chi connectivity index (χ1) is 9.07. The molecule has 1 aliphatic carbocycles. The number of hydrogen-bond acceptors (Lipinski definition) is 4. The summed E-state index contributed by atoms with van der Waals surface area (Å²) in [4.78, 5) is 2.41. The van der Waals surface area contributed by atoms with Crippen LogP contribution in [0, 0.1) is 11.8 Å². The SMILES string of the molecule is COC[C@]1(O)CC[C@H](C(C)C)C[C@H]1N1CCOCC1. The van der Waals surface area contributed by atoms with Crippen LogP contribution >= 0.6 is 0 Å². The maximum atomic E-state index is 11.0. The quantitative estimate of drug-likeness (QED) is 0.842. The summed E-state index contributed by atoms with van der Waals surface area (Å²) in [5, 5.41) is 11.0. The zero-order valence-corrected chi connectivity index (χ0v) is 12.6. The Morgan fingerprint density at radius 2 is 2.05 bits per heavy atom. The highest BCUT2D eigenvalue weighted by atomic mass is 16.5. The van der Waals surface area contributed by atoms with Crippen molar-refractivity contribution in [2.75, 3.05) is 40.0 Å². The molecule has 2 rings (SSSR count). The van der Waals surface area contributed by atoms with E-state index in [9.17, 15) is 5.11 Å². The average molecular weight is 271 g/mol. The Balaban J connectivity index is 2.10.